The monoisotopic (exact) mass is 276 g/mol. The Kier molecular flexibility index (Phi) is 3.73. The number of carbonyl (C=O) groups excluding carboxylic acids is 1. The molecule has 1 fully saturated rings. The predicted octanol–water partition coefficient (Wildman–Crippen LogP) is 2.87. The molecule has 0 saturated carbocycles. The van der Waals surface area contributed by atoms with Gasteiger partial charge in [-0.3, -0.25) is 4.79 Å². The molecule has 1 amide bonds. The Morgan fingerprint density at radius 2 is 1.84 bits per heavy atom. The van der Waals surface area contributed by atoms with Gasteiger partial charge in [-0.05, 0) is 25.3 Å². The minimum atomic E-state index is -4.90. The quantitative estimate of drug-likeness (QED) is 0.739. The molecular weight excluding hydrogens is 264 g/mol. The number of likely N-dealkylation sites (tertiary alicyclic amines) is 1. The summed E-state index contributed by atoms with van der Waals surface area (Å²) in [6.45, 7) is 0.893. The van der Waals surface area contributed by atoms with Crippen LogP contribution in [0.1, 0.15) is 35.3 Å². The highest BCUT2D eigenvalue weighted by atomic mass is 19.4. The second kappa shape index (κ2) is 5.14. The molecule has 0 unspecified atom stereocenters. The van der Waals surface area contributed by atoms with Crippen molar-refractivity contribution in [2.45, 2.75) is 25.4 Å². The Balaban J connectivity index is 2.32. The van der Waals surface area contributed by atoms with Gasteiger partial charge in [-0.15, -0.1) is 0 Å². The normalized spacial score (nSPS) is 16.5. The molecule has 2 rings (SSSR count). The summed E-state index contributed by atoms with van der Waals surface area (Å²) >= 11 is 0. The summed E-state index contributed by atoms with van der Waals surface area (Å²) in [7, 11) is 0. The zero-order chi connectivity index (χ0) is 14.0. The van der Waals surface area contributed by atoms with Crippen LogP contribution in [0.3, 0.4) is 0 Å². The first-order chi connectivity index (χ1) is 8.91. The van der Waals surface area contributed by atoms with Gasteiger partial charge in [-0.1, -0.05) is 0 Å². The summed E-state index contributed by atoms with van der Waals surface area (Å²) in [4.78, 5) is 16.3. The van der Waals surface area contributed by atoms with Crippen LogP contribution in [0.4, 0.5) is 17.6 Å². The Labute approximate surface area is 107 Å². The molecule has 0 N–H and O–H groups in total. The van der Waals surface area contributed by atoms with Crippen LogP contribution in [0.2, 0.25) is 0 Å². The van der Waals surface area contributed by atoms with Crippen molar-refractivity contribution >= 4 is 5.91 Å². The minimum absolute atomic E-state index is 0.446. The molecule has 1 aromatic heterocycles. The van der Waals surface area contributed by atoms with Gasteiger partial charge in [0.1, 0.15) is 0 Å². The molecule has 0 aromatic carbocycles. The van der Waals surface area contributed by atoms with E-state index in [0.717, 1.165) is 31.5 Å². The predicted molar refractivity (Wildman–Crippen MR) is 59.0 cm³/mol. The van der Waals surface area contributed by atoms with Gasteiger partial charge in [-0.25, -0.2) is 9.37 Å². The largest absolute Gasteiger partial charge is 0.436 e. The summed E-state index contributed by atoms with van der Waals surface area (Å²) in [5, 5.41) is 0. The molecule has 0 atom stereocenters. The van der Waals surface area contributed by atoms with Crippen LogP contribution in [0.5, 0.6) is 0 Å². The summed E-state index contributed by atoms with van der Waals surface area (Å²) in [6.07, 6.45) is -1.56. The average molecular weight is 276 g/mol. The van der Waals surface area contributed by atoms with Crippen LogP contribution in [-0.4, -0.2) is 28.9 Å². The molecule has 19 heavy (non-hydrogen) atoms. The molecule has 1 aliphatic rings. The van der Waals surface area contributed by atoms with Crippen molar-refractivity contribution in [2.24, 2.45) is 0 Å². The van der Waals surface area contributed by atoms with E-state index in [1.165, 1.54) is 4.90 Å². The van der Waals surface area contributed by atoms with Gasteiger partial charge >= 0.3 is 6.18 Å². The second-order valence-corrected chi connectivity index (χ2v) is 4.37. The van der Waals surface area contributed by atoms with E-state index in [9.17, 15) is 22.4 Å². The first kappa shape index (κ1) is 13.8. The number of amides is 1. The fourth-order valence-corrected chi connectivity index (χ4v) is 2.07. The lowest BCUT2D eigenvalue weighted by Crippen LogP contribution is -2.36. The third-order valence-corrected chi connectivity index (χ3v) is 3.03. The molecule has 7 heteroatoms. The lowest BCUT2D eigenvalue weighted by atomic mass is 10.1. The molecule has 3 nitrogen and oxygen atoms in total. The molecule has 0 bridgehead atoms. The third kappa shape index (κ3) is 2.85. The first-order valence-electron chi connectivity index (χ1n) is 5.92. The van der Waals surface area contributed by atoms with E-state index in [2.05, 4.69) is 4.98 Å². The Hall–Kier alpha value is -1.66. The summed E-state index contributed by atoms with van der Waals surface area (Å²) < 4.78 is 51.3. The summed E-state index contributed by atoms with van der Waals surface area (Å²) in [5.41, 5.74) is -2.21. The third-order valence-electron chi connectivity index (χ3n) is 3.03. The standard InChI is InChI=1S/C12H12F4N2O/c13-9-8(4-5-17-10(9)12(14,15)16)11(19)18-6-2-1-3-7-18/h4-5H,1-3,6-7H2. The average Bonchev–Trinajstić information content (AvgIpc) is 2.38. The molecule has 1 aliphatic heterocycles. The molecule has 1 aromatic rings. The van der Waals surface area contributed by atoms with Gasteiger partial charge in [-0.2, -0.15) is 13.2 Å². The van der Waals surface area contributed by atoms with E-state index < -0.39 is 29.2 Å². The number of nitrogens with zero attached hydrogens (tertiary/aromatic N) is 2. The topological polar surface area (TPSA) is 33.2 Å². The number of halogens is 4. The smallest absolute Gasteiger partial charge is 0.339 e. The fraction of sp³-hybridized carbons (Fsp3) is 0.500. The van der Waals surface area contributed by atoms with Crippen molar-refractivity contribution in [2.75, 3.05) is 13.1 Å². The molecule has 0 radical (unpaired) electrons. The summed E-state index contributed by atoms with van der Waals surface area (Å²) in [6, 6.07) is 0.988. The summed E-state index contributed by atoms with van der Waals surface area (Å²) in [5.74, 6) is -2.30. The number of carbonyl (C=O) groups is 1. The lowest BCUT2D eigenvalue weighted by molar-refractivity contribution is -0.143. The number of pyridine rings is 1. The highest BCUT2D eigenvalue weighted by Crippen LogP contribution is 2.31. The van der Waals surface area contributed by atoms with Crippen molar-refractivity contribution in [3.63, 3.8) is 0 Å². The number of rotatable bonds is 1. The van der Waals surface area contributed by atoms with Gasteiger partial charge in [0.2, 0.25) is 0 Å². The van der Waals surface area contributed by atoms with Crippen LogP contribution in [0.15, 0.2) is 12.3 Å². The minimum Gasteiger partial charge on any atom is -0.339 e. The molecule has 104 valence electrons. The van der Waals surface area contributed by atoms with E-state index in [4.69, 9.17) is 0 Å². The SMILES string of the molecule is O=C(c1ccnc(C(F)(F)F)c1F)N1CCCCC1. The molecule has 0 spiro atoms. The maximum absolute atomic E-state index is 13.7. The number of hydrogen-bond acceptors (Lipinski definition) is 2. The zero-order valence-electron chi connectivity index (χ0n) is 10.0. The van der Waals surface area contributed by atoms with E-state index in [0.29, 0.717) is 13.1 Å². The lowest BCUT2D eigenvalue weighted by Gasteiger charge is -2.27. The van der Waals surface area contributed by atoms with Crippen LogP contribution < -0.4 is 0 Å². The van der Waals surface area contributed by atoms with Gasteiger partial charge in [0, 0.05) is 19.3 Å². The maximum atomic E-state index is 13.7. The van der Waals surface area contributed by atoms with Crippen LogP contribution >= 0.6 is 0 Å². The Bertz CT molecular complexity index is 481. The van der Waals surface area contributed by atoms with E-state index in [1.807, 2.05) is 0 Å². The highest BCUT2D eigenvalue weighted by molar-refractivity contribution is 5.94. The first-order valence-corrected chi connectivity index (χ1v) is 5.92. The van der Waals surface area contributed by atoms with Crippen molar-refractivity contribution in [3.8, 4) is 0 Å². The van der Waals surface area contributed by atoms with Gasteiger partial charge < -0.3 is 4.90 Å². The second-order valence-electron chi connectivity index (χ2n) is 4.37. The van der Waals surface area contributed by atoms with E-state index in [-0.39, 0.29) is 0 Å². The molecular formula is C12H12F4N2O. The Morgan fingerprint density at radius 3 is 2.42 bits per heavy atom. The van der Waals surface area contributed by atoms with Crippen LogP contribution in [-0.2, 0) is 6.18 Å². The highest BCUT2D eigenvalue weighted by Gasteiger charge is 2.38. The van der Waals surface area contributed by atoms with Crippen LogP contribution in [0, 0.1) is 5.82 Å². The fourth-order valence-electron chi connectivity index (χ4n) is 2.07. The number of piperidine rings is 1. The number of alkyl halides is 3. The van der Waals surface area contributed by atoms with E-state index in [1.54, 1.807) is 0 Å². The van der Waals surface area contributed by atoms with Crippen molar-refractivity contribution in [1.82, 2.24) is 9.88 Å². The number of aromatic nitrogens is 1. The van der Waals surface area contributed by atoms with Crippen molar-refractivity contribution in [3.05, 3.63) is 29.3 Å². The van der Waals surface area contributed by atoms with Gasteiger partial charge in [0.25, 0.3) is 5.91 Å². The van der Waals surface area contributed by atoms with Gasteiger partial charge in [0.05, 0.1) is 5.56 Å². The maximum Gasteiger partial charge on any atom is 0.436 e. The molecule has 1 saturated heterocycles. The van der Waals surface area contributed by atoms with Gasteiger partial charge in [0.15, 0.2) is 11.5 Å². The molecule has 2 heterocycles. The number of hydrogen-bond donors (Lipinski definition) is 0. The zero-order valence-corrected chi connectivity index (χ0v) is 10.0. The van der Waals surface area contributed by atoms with E-state index >= 15 is 0 Å². The molecule has 0 aliphatic carbocycles. The van der Waals surface area contributed by atoms with Crippen LogP contribution in [0.25, 0.3) is 0 Å². The van der Waals surface area contributed by atoms with Crippen molar-refractivity contribution in [1.29, 1.82) is 0 Å². The Morgan fingerprint density at radius 1 is 1.21 bits per heavy atom. The van der Waals surface area contributed by atoms with Crippen molar-refractivity contribution < 1.29 is 22.4 Å².